The summed E-state index contributed by atoms with van der Waals surface area (Å²) in [4.78, 5) is 24.3. The smallest absolute Gasteiger partial charge is 0.420 e. The highest BCUT2D eigenvalue weighted by atomic mass is 32.1. The van der Waals surface area contributed by atoms with Gasteiger partial charge in [-0.2, -0.15) is 13.2 Å². The van der Waals surface area contributed by atoms with Crippen LogP contribution in [0.5, 0.6) is 5.75 Å². The number of aryl methyl sites for hydroxylation is 1. The largest absolute Gasteiger partial charge is 0.490 e. The minimum absolute atomic E-state index is 0.0460. The number of nitrogens with one attached hydrogen (secondary N) is 2. The van der Waals surface area contributed by atoms with E-state index in [9.17, 15) is 18.0 Å². The molecule has 0 radical (unpaired) electrons. The number of anilines is 2. The average Bonchev–Trinajstić information content (AvgIpc) is 3.65. The van der Waals surface area contributed by atoms with E-state index in [0.717, 1.165) is 64.7 Å². The van der Waals surface area contributed by atoms with Gasteiger partial charge in [-0.1, -0.05) is 6.07 Å². The molecule has 0 unspecified atom stereocenters. The lowest BCUT2D eigenvalue weighted by atomic mass is 9.99. The maximum absolute atomic E-state index is 14.0. The maximum atomic E-state index is 14.0. The quantitative estimate of drug-likeness (QED) is 0.245. The number of halogens is 3. The first-order chi connectivity index (χ1) is 19.7. The molecule has 41 heavy (non-hydrogen) atoms. The van der Waals surface area contributed by atoms with Gasteiger partial charge in [0.2, 0.25) is 0 Å². The van der Waals surface area contributed by atoms with Gasteiger partial charge in [0.15, 0.2) is 0 Å². The highest BCUT2D eigenvalue weighted by Gasteiger charge is 2.36. The van der Waals surface area contributed by atoms with Gasteiger partial charge in [0.1, 0.15) is 24.0 Å². The first kappa shape index (κ1) is 27.5. The molecular formula is C30H30F3N5O2S. The van der Waals surface area contributed by atoms with E-state index in [1.807, 2.05) is 25.4 Å². The number of likely N-dealkylation sites (tertiary alicyclic amines) is 1. The lowest BCUT2D eigenvalue weighted by molar-refractivity contribution is -0.139. The Morgan fingerprint density at radius 1 is 1.05 bits per heavy atom. The van der Waals surface area contributed by atoms with Gasteiger partial charge < -0.3 is 20.3 Å². The first-order valence-electron chi connectivity index (χ1n) is 13.6. The zero-order chi connectivity index (χ0) is 28.7. The van der Waals surface area contributed by atoms with Crippen molar-refractivity contribution in [3.05, 3.63) is 64.8 Å². The number of benzene rings is 2. The molecule has 2 fully saturated rings. The molecule has 1 amide bonds. The minimum atomic E-state index is -4.63. The van der Waals surface area contributed by atoms with Crippen LogP contribution in [0.3, 0.4) is 0 Å². The van der Waals surface area contributed by atoms with Crippen molar-refractivity contribution in [3.63, 3.8) is 0 Å². The van der Waals surface area contributed by atoms with Crippen LogP contribution in [0, 0.1) is 6.92 Å². The Kier molecular flexibility index (Phi) is 7.33. The third-order valence-corrected chi connectivity index (χ3v) is 8.54. The molecular weight excluding hydrogens is 551 g/mol. The number of hydrogen-bond acceptors (Lipinski definition) is 7. The number of aromatic nitrogens is 2. The number of alkyl halides is 3. The maximum Gasteiger partial charge on any atom is 0.420 e. The van der Waals surface area contributed by atoms with Crippen LogP contribution in [-0.2, 0) is 6.18 Å². The zero-order valence-electron chi connectivity index (χ0n) is 22.7. The summed E-state index contributed by atoms with van der Waals surface area (Å²) in [6.45, 7) is 3.49. The number of piperidine rings is 1. The van der Waals surface area contributed by atoms with Crippen molar-refractivity contribution in [1.82, 2.24) is 14.9 Å². The van der Waals surface area contributed by atoms with Gasteiger partial charge in [-0.15, -0.1) is 11.3 Å². The van der Waals surface area contributed by atoms with Crippen molar-refractivity contribution in [2.45, 2.75) is 50.9 Å². The molecule has 2 aliphatic rings. The van der Waals surface area contributed by atoms with Gasteiger partial charge in [0.25, 0.3) is 5.91 Å². The molecule has 214 valence electrons. The Morgan fingerprint density at radius 2 is 1.83 bits per heavy atom. The number of ether oxygens (including phenoxy) is 1. The van der Waals surface area contributed by atoms with E-state index in [1.165, 1.54) is 29.8 Å². The van der Waals surface area contributed by atoms with Crippen molar-refractivity contribution < 1.29 is 22.7 Å². The molecule has 1 saturated heterocycles. The van der Waals surface area contributed by atoms with Gasteiger partial charge >= 0.3 is 6.18 Å². The monoisotopic (exact) mass is 581 g/mol. The number of thiophene rings is 1. The van der Waals surface area contributed by atoms with Crippen LogP contribution in [0.25, 0.3) is 21.3 Å². The Morgan fingerprint density at radius 3 is 2.56 bits per heavy atom. The predicted octanol–water partition coefficient (Wildman–Crippen LogP) is 6.99. The molecule has 7 nitrogen and oxygen atoms in total. The van der Waals surface area contributed by atoms with Crippen LogP contribution in [0.1, 0.15) is 47.2 Å². The average molecular weight is 582 g/mol. The summed E-state index contributed by atoms with van der Waals surface area (Å²) in [7, 11) is 1.98. The van der Waals surface area contributed by atoms with Gasteiger partial charge in [-0.05, 0) is 81.1 Å². The summed E-state index contributed by atoms with van der Waals surface area (Å²) in [5, 5.41) is 8.08. The molecule has 2 N–H and O–H groups in total. The predicted molar refractivity (Wildman–Crippen MR) is 155 cm³/mol. The van der Waals surface area contributed by atoms with Crippen molar-refractivity contribution in [2.24, 2.45) is 0 Å². The molecule has 0 bridgehead atoms. The van der Waals surface area contributed by atoms with E-state index in [0.29, 0.717) is 24.4 Å². The summed E-state index contributed by atoms with van der Waals surface area (Å²) in [6.07, 6.45) is 0.188. The lowest BCUT2D eigenvalue weighted by Gasteiger charge is -2.30. The van der Waals surface area contributed by atoms with Crippen molar-refractivity contribution in [1.29, 1.82) is 0 Å². The minimum Gasteiger partial charge on any atom is -0.490 e. The fraction of sp³-hybridized carbons (Fsp3) is 0.367. The number of carbonyl (C=O) groups excluding carboxylic acids is 1. The molecule has 1 saturated carbocycles. The summed E-state index contributed by atoms with van der Waals surface area (Å²) >= 11 is 1.54. The van der Waals surface area contributed by atoms with E-state index in [-0.39, 0.29) is 17.5 Å². The highest BCUT2D eigenvalue weighted by Crippen LogP contribution is 2.40. The molecule has 0 spiro atoms. The number of fused-ring (bicyclic) bond motifs is 1. The first-order valence-corrected chi connectivity index (χ1v) is 14.5. The van der Waals surface area contributed by atoms with Crippen molar-refractivity contribution >= 4 is 39.0 Å². The van der Waals surface area contributed by atoms with E-state index < -0.39 is 17.6 Å². The normalized spacial score (nSPS) is 16.6. The third kappa shape index (κ3) is 6.01. The van der Waals surface area contributed by atoms with Crippen LogP contribution < -0.4 is 15.4 Å². The second kappa shape index (κ2) is 10.9. The molecule has 6 rings (SSSR count). The Hall–Kier alpha value is -3.70. The molecule has 2 aromatic carbocycles. The zero-order valence-corrected chi connectivity index (χ0v) is 23.5. The number of rotatable bonds is 7. The topological polar surface area (TPSA) is 79.4 Å². The van der Waals surface area contributed by atoms with E-state index in [4.69, 9.17) is 4.74 Å². The van der Waals surface area contributed by atoms with Crippen LogP contribution in [-0.4, -0.2) is 53.1 Å². The van der Waals surface area contributed by atoms with Crippen molar-refractivity contribution in [3.8, 4) is 16.9 Å². The standard InChI is InChI=1S/C30H30F3N5O2S/c1-17-3-4-18(13-22(17)23-15-41-27-26(23)34-16-35-28(27)36-19-5-6-19)29(39)37-20-7-8-25(24(14-20)30(31,32)33)40-21-9-11-38(2)12-10-21/h3-4,7-8,13-16,19,21H,5-6,9-12H2,1-2H3,(H,37,39)(H,34,35,36). The van der Waals surface area contributed by atoms with E-state index >= 15 is 0 Å². The second-order valence-corrected chi connectivity index (χ2v) is 11.7. The van der Waals surface area contributed by atoms with Gasteiger partial charge in [0.05, 0.1) is 15.8 Å². The number of carbonyl (C=O) groups is 1. The Labute approximate surface area is 239 Å². The summed E-state index contributed by atoms with van der Waals surface area (Å²) in [5.41, 5.74) is 2.93. The lowest BCUT2D eigenvalue weighted by Crippen LogP contribution is -2.36. The van der Waals surface area contributed by atoms with Crippen LogP contribution in [0.4, 0.5) is 24.7 Å². The summed E-state index contributed by atoms with van der Waals surface area (Å²) in [5.74, 6) is 0.0853. The van der Waals surface area contributed by atoms with Crippen LogP contribution in [0.15, 0.2) is 48.1 Å². The Balaban J connectivity index is 1.24. The highest BCUT2D eigenvalue weighted by molar-refractivity contribution is 7.18. The van der Waals surface area contributed by atoms with Crippen molar-refractivity contribution in [2.75, 3.05) is 30.8 Å². The van der Waals surface area contributed by atoms with Gasteiger partial charge in [0, 0.05) is 41.3 Å². The molecule has 4 aromatic rings. The molecule has 11 heteroatoms. The molecule has 1 aliphatic heterocycles. The molecule has 3 heterocycles. The summed E-state index contributed by atoms with van der Waals surface area (Å²) < 4.78 is 48.6. The number of amides is 1. The second-order valence-electron chi connectivity index (χ2n) is 10.8. The van der Waals surface area contributed by atoms with Crippen LogP contribution in [0.2, 0.25) is 0 Å². The molecule has 0 atom stereocenters. The van der Waals surface area contributed by atoms with E-state index in [1.54, 1.807) is 12.1 Å². The fourth-order valence-electron chi connectivity index (χ4n) is 5.04. The Bertz CT molecular complexity index is 1590. The van der Waals surface area contributed by atoms with E-state index in [2.05, 4.69) is 25.5 Å². The molecule has 1 aliphatic carbocycles. The number of hydrogen-bond donors (Lipinski definition) is 2. The SMILES string of the molecule is Cc1ccc(C(=O)Nc2ccc(OC3CCN(C)CC3)c(C(F)(F)F)c2)cc1-c1csc2c(NC3CC3)ncnc12. The number of nitrogens with zero attached hydrogens (tertiary/aromatic N) is 3. The molecule has 2 aromatic heterocycles. The van der Waals surface area contributed by atoms with Gasteiger partial charge in [-0.3, -0.25) is 4.79 Å². The third-order valence-electron chi connectivity index (χ3n) is 7.56. The van der Waals surface area contributed by atoms with Gasteiger partial charge in [-0.25, -0.2) is 9.97 Å². The fourth-order valence-corrected chi connectivity index (χ4v) is 6.01. The summed E-state index contributed by atoms with van der Waals surface area (Å²) in [6, 6.07) is 9.38. The van der Waals surface area contributed by atoms with Crippen LogP contribution >= 0.6 is 11.3 Å².